The first-order valence-corrected chi connectivity index (χ1v) is 13.2. The van der Waals surface area contributed by atoms with Crippen molar-refractivity contribution in [3.8, 4) is 23.1 Å². The Kier molecular flexibility index (Phi) is 8.05. The van der Waals surface area contributed by atoms with Crippen LogP contribution >= 0.6 is 11.6 Å². The summed E-state index contributed by atoms with van der Waals surface area (Å²) in [4.78, 5) is 29.9. The first kappa shape index (κ1) is 27.2. The summed E-state index contributed by atoms with van der Waals surface area (Å²) in [5.41, 5.74) is 9.08. The lowest BCUT2D eigenvalue weighted by Crippen LogP contribution is -2.48. The average Bonchev–Trinajstić information content (AvgIpc) is 3.36. The van der Waals surface area contributed by atoms with Crippen molar-refractivity contribution in [2.75, 3.05) is 31.9 Å². The van der Waals surface area contributed by atoms with Gasteiger partial charge >= 0.3 is 0 Å². The van der Waals surface area contributed by atoms with Crippen LogP contribution in [0.3, 0.4) is 0 Å². The number of amides is 1. The zero-order valence-corrected chi connectivity index (χ0v) is 22.9. The molecule has 0 aliphatic carbocycles. The van der Waals surface area contributed by atoms with E-state index in [1.165, 1.54) is 12.4 Å². The van der Waals surface area contributed by atoms with E-state index >= 15 is 4.39 Å². The van der Waals surface area contributed by atoms with Gasteiger partial charge in [0.25, 0.3) is 5.91 Å². The molecule has 0 radical (unpaired) electrons. The molecule has 0 saturated carbocycles. The van der Waals surface area contributed by atoms with Gasteiger partial charge in [0, 0.05) is 49.6 Å². The third kappa shape index (κ3) is 5.96. The second kappa shape index (κ2) is 11.8. The molecule has 1 amide bonds. The van der Waals surface area contributed by atoms with Gasteiger partial charge in [-0.1, -0.05) is 35.5 Å². The lowest BCUT2D eigenvalue weighted by molar-refractivity contribution is 0.0613. The Hall–Kier alpha value is -4.33. The van der Waals surface area contributed by atoms with Crippen molar-refractivity contribution in [2.24, 2.45) is 0 Å². The molecule has 2 N–H and O–H groups in total. The Balaban J connectivity index is 1.37. The smallest absolute Gasteiger partial charge is 0.258 e. The minimum Gasteiger partial charge on any atom is -0.384 e. The average molecular weight is 560 g/mol. The number of benzene rings is 1. The Morgan fingerprint density at radius 1 is 1.12 bits per heavy atom. The van der Waals surface area contributed by atoms with Gasteiger partial charge in [0.05, 0.1) is 39.8 Å². The Morgan fingerprint density at radius 3 is 2.58 bits per heavy atom. The van der Waals surface area contributed by atoms with E-state index in [9.17, 15) is 4.79 Å². The first-order chi connectivity index (χ1) is 19.3. The predicted molar refractivity (Wildman–Crippen MR) is 149 cm³/mol. The van der Waals surface area contributed by atoms with Gasteiger partial charge in [0.1, 0.15) is 18.0 Å². The van der Waals surface area contributed by atoms with E-state index in [2.05, 4.69) is 36.8 Å². The van der Waals surface area contributed by atoms with Crippen molar-refractivity contribution in [1.29, 1.82) is 0 Å². The summed E-state index contributed by atoms with van der Waals surface area (Å²) in [6.45, 7) is 6.54. The predicted octanol–water partition coefficient (Wildman–Crippen LogP) is 4.13. The summed E-state index contributed by atoms with van der Waals surface area (Å²) in [6.07, 6.45) is 3.58. The highest BCUT2D eigenvalue weighted by Gasteiger charge is 2.27. The lowest BCUT2D eigenvalue weighted by atomic mass is 10.0. The summed E-state index contributed by atoms with van der Waals surface area (Å²) in [5, 5.41) is 3.92. The molecule has 0 atom stereocenters. The highest BCUT2D eigenvalue weighted by atomic mass is 35.5. The molecule has 1 aromatic carbocycles. The fraction of sp³-hybridized carbons (Fsp3) is 0.276. The van der Waals surface area contributed by atoms with Crippen LogP contribution in [0.4, 0.5) is 10.2 Å². The van der Waals surface area contributed by atoms with Crippen LogP contribution in [0, 0.1) is 24.6 Å². The Morgan fingerprint density at radius 2 is 1.93 bits per heavy atom. The van der Waals surface area contributed by atoms with Gasteiger partial charge in [-0.3, -0.25) is 9.69 Å². The molecule has 4 heterocycles. The van der Waals surface area contributed by atoms with Crippen LogP contribution in [0.5, 0.6) is 0 Å². The maximum absolute atomic E-state index is 15.5. The van der Waals surface area contributed by atoms with Crippen LogP contribution in [0.15, 0.2) is 47.4 Å². The van der Waals surface area contributed by atoms with E-state index < -0.39 is 11.7 Å². The SMILES string of the molecule is CCc1ncnc(-c2cc(F)c(C(=O)N3CCN(Cc4cc(C)no4)CC3)c(Cl)c2)c1C#Cc1ccc(N)nc1. The molecule has 1 aliphatic heterocycles. The number of pyridine rings is 1. The van der Waals surface area contributed by atoms with Gasteiger partial charge in [-0.25, -0.2) is 19.3 Å². The van der Waals surface area contributed by atoms with Crippen LogP contribution in [-0.2, 0) is 13.0 Å². The number of nitrogens with two attached hydrogens (primary N) is 1. The number of hydrogen-bond donors (Lipinski definition) is 1. The molecular formula is C29H27ClFN7O2. The number of anilines is 1. The van der Waals surface area contributed by atoms with Crippen LogP contribution in [0.1, 0.15) is 45.6 Å². The summed E-state index contributed by atoms with van der Waals surface area (Å²) in [6, 6.07) is 8.14. The molecule has 40 heavy (non-hydrogen) atoms. The number of piperazine rings is 1. The van der Waals surface area contributed by atoms with E-state index in [1.807, 2.05) is 19.9 Å². The van der Waals surface area contributed by atoms with E-state index in [0.717, 1.165) is 11.5 Å². The molecular weight excluding hydrogens is 533 g/mol. The normalized spacial score (nSPS) is 13.7. The van der Waals surface area contributed by atoms with E-state index in [-0.39, 0.29) is 10.6 Å². The van der Waals surface area contributed by atoms with Crippen LogP contribution in [0.2, 0.25) is 5.02 Å². The Labute approximate surface area is 236 Å². The third-order valence-corrected chi connectivity index (χ3v) is 6.92. The maximum atomic E-state index is 15.5. The van der Waals surface area contributed by atoms with Gasteiger partial charge in [-0.15, -0.1) is 0 Å². The summed E-state index contributed by atoms with van der Waals surface area (Å²) >= 11 is 6.53. The second-order valence-electron chi connectivity index (χ2n) is 9.44. The molecule has 11 heteroatoms. The zero-order chi connectivity index (χ0) is 28.2. The largest absolute Gasteiger partial charge is 0.384 e. The molecule has 0 unspecified atom stereocenters. The molecule has 204 valence electrons. The molecule has 1 aliphatic rings. The lowest BCUT2D eigenvalue weighted by Gasteiger charge is -2.34. The molecule has 4 aromatic rings. The summed E-state index contributed by atoms with van der Waals surface area (Å²) in [7, 11) is 0. The number of rotatable bonds is 5. The third-order valence-electron chi connectivity index (χ3n) is 6.62. The van der Waals surface area contributed by atoms with Crippen molar-refractivity contribution in [3.63, 3.8) is 0 Å². The number of aryl methyl sites for hydroxylation is 2. The molecule has 0 spiro atoms. The van der Waals surface area contributed by atoms with Crippen molar-refractivity contribution in [3.05, 3.63) is 87.5 Å². The number of hydrogen-bond acceptors (Lipinski definition) is 8. The zero-order valence-electron chi connectivity index (χ0n) is 22.1. The first-order valence-electron chi connectivity index (χ1n) is 12.8. The molecule has 1 saturated heterocycles. The minimum atomic E-state index is -0.717. The van der Waals surface area contributed by atoms with Crippen molar-refractivity contribution in [2.45, 2.75) is 26.8 Å². The molecule has 5 rings (SSSR count). The molecule has 1 fully saturated rings. The van der Waals surface area contributed by atoms with Gasteiger partial charge in [0.15, 0.2) is 5.76 Å². The maximum Gasteiger partial charge on any atom is 0.258 e. The summed E-state index contributed by atoms with van der Waals surface area (Å²) < 4.78 is 20.8. The monoisotopic (exact) mass is 559 g/mol. The molecule has 9 nitrogen and oxygen atoms in total. The standard InChI is InChI=1S/C29H27ClFN7O2/c1-3-25-22(6-4-19-5-7-26(32)33-15-19)28(35-17-34-25)20-13-23(30)27(24(31)14-20)29(39)38-10-8-37(9-11-38)16-21-12-18(2)36-40-21/h5,7,12-15,17H,3,8-11,16H2,1-2H3,(H2,32,33). The van der Waals surface area contributed by atoms with Gasteiger partial charge in [-0.2, -0.15) is 0 Å². The number of carbonyl (C=O) groups excluding carboxylic acids is 1. The van der Waals surface area contributed by atoms with Crippen molar-refractivity contribution in [1.82, 2.24) is 29.9 Å². The number of nitrogens with zero attached hydrogens (tertiary/aromatic N) is 6. The van der Waals surface area contributed by atoms with Crippen molar-refractivity contribution < 1.29 is 13.7 Å². The van der Waals surface area contributed by atoms with Gasteiger partial charge < -0.3 is 15.2 Å². The Bertz CT molecular complexity index is 1580. The van der Waals surface area contributed by atoms with Crippen LogP contribution < -0.4 is 5.73 Å². The fourth-order valence-electron chi connectivity index (χ4n) is 4.55. The highest BCUT2D eigenvalue weighted by Crippen LogP contribution is 2.31. The number of halogens is 2. The van der Waals surface area contributed by atoms with Gasteiger partial charge in [0.2, 0.25) is 0 Å². The second-order valence-corrected chi connectivity index (χ2v) is 9.84. The quantitative estimate of drug-likeness (QED) is 0.363. The van der Waals surface area contributed by atoms with Crippen LogP contribution in [-0.4, -0.2) is 62.0 Å². The van der Waals surface area contributed by atoms with Crippen molar-refractivity contribution >= 4 is 23.3 Å². The number of nitrogen functional groups attached to an aromatic ring is 1. The van der Waals surface area contributed by atoms with E-state index in [1.54, 1.807) is 29.3 Å². The molecule has 3 aromatic heterocycles. The number of carbonyl (C=O) groups is 1. The number of aromatic nitrogens is 4. The minimum absolute atomic E-state index is 0.0119. The van der Waals surface area contributed by atoms with E-state index in [0.29, 0.717) is 73.0 Å². The fourth-order valence-corrected chi connectivity index (χ4v) is 4.84. The van der Waals surface area contributed by atoms with Gasteiger partial charge in [-0.05, 0) is 37.6 Å². The topological polar surface area (TPSA) is 114 Å². The molecule has 0 bridgehead atoms. The van der Waals surface area contributed by atoms with E-state index in [4.69, 9.17) is 21.9 Å². The van der Waals surface area contributed by atoms with Crippen LogP contribution in [0.25, 0.3) is 11.3 Å². The summed E-state index contributed by atoms with van der Waals surface area (Å²) in [5.74, 6) is 6.15. The highest BCUT2D eigenvalue weighted by molar-refractivity contribution is 6.34.